The first kappa shape index (κ1) is 9.19. The molecule has 0 aliphatic rings. The van der Waals surface area contributed by atoms with E-state index in [2.05, 4.69) is 0 Å². The normalized spacial score (nSPS) is 12.8. The quantitative estimate of drug-likeness (QED) is 0.667. The number of carbonyl (C=O) groups is 1. The molecule has 0 saturated carbocycles. The van der Waals surface area contributed by atoms with Crippen LogP contribution in [0, 0.1) is 0 Å². The van der Waals surface area contributed by atoms with Crippen molar-refractivity contribution in [3.8, 4) is 0 Å². The lowest BCUT2D eigenvalue weighted by molar-refractivity contribution is 0.109. The zero-order valence-electron chi connectivity index (χ0n) is 6.78. The minimum absolute atomic E-state index is 0.290. The van der Waals surface area contributed by atoms with Crippen LogP contribution in [0.5, 0.6) is 0 Å². The van der Waals surface area contributed by atoms with E-state index >= 15 is 0 Å². The summed E-state index contributed by atoms with van der Waals surface area (Å²) in [5.74, 6) is 1.90. The molecule has 1 aromatic rings. The number of rotatable bonds is 4. The Morgan fingerprint density at radius 3 is 2.83 bits per heavy atom. The highest BCUT2D eigenvalue weighted by Gasteiger charge is 2.03. The van der Waals surface area contributed by atoms with E-state index in [4.69, 9.17) is 4.42 Å². The topological polar surface area (TPSA) is 47.3 Å². The largest absolute Gasteiger partial charge is 0.457 e. The van der Waals surface area contributed by atoms with Gasteiger partial charge in [-0.2, -0.15) is 0 Å². The standard InChI is InChI=1S/C8H10O3S/c1-2-12(10)6-8-4-3-7(5-9)11-8/h3-5H,2,6H2,1H3. The molecule has 0 saturated heterocycles. The van der Waals surface area contributed by atoms with Crippen LogP contribution in [0.1, 0.15) is 23.2 Å². The van der Waals surface area contributed by atoms with E-state index in [0.717, 1.165) is 0 Å². The lowest BCUT2D eigenvalue weighted by Crippen LogP contribution is -1.95. The van der Waals surface area contributed by atoms with Crippen molar-refractivity contribution in [1.29, 1.82) is 0 Å². The summed E-state index contributed by atoms with van der Waals surface area (Å²) in [5.41, 5.74) is 0. The molecular formula is C8H10O3S. The van der Waals surface area contributed by atoms with Gasteiger partial charge in [0, 0.05) is 16.6 Å². The first-order chi connectivity index (χ1) is 5.76. The molecule has 1 rings (SSSR count). The van der Waals surface area contributed by atoms with Crippen molar-refractivity contribution in [2.75, 3.05) is 5.75 Å². The smallest absolute Gasteiger partial charge is 0.185 e. The minimum atomic E-state index is -0.876. The van der Waals surface area contributed by atoms with Crippen LogP contribution >= 0.6 is 0 Å². The molecule has 66 valence electrons. The summed E-state index contributed by atoms with van der Waals surface area (Å²) in [6, 6.07) is 3.26. The Morgan fingerprint density at radius 1 is 1.58 bits per heavy atom. The van der Waals surface area contributed by atoms with Crippen LogP contribution < -0.4 is 0 Å². The SMILES string of the molecule is CCS(=O)Cc1ccc(C=O)o1. The first-order valence-corrected chi connectivity index (χ1v) is 5.14. The molecule has 0 amide bonds. The molecule has 1 atom stereocenters. The zero-order chi connectivity index (χ0) is 8.97. The van der Waals surface area contributed by atoms with Gasteiger partial charge in [0.05, 0.1) is 5.75 Å². The number of carbonyl (C=O) groups excluding carboxylic acids is 1. The predicted molar refractivity (Wildman–Crippen MR) is 46.5 cm³/mol. The van der Waals surface area contributed by atoms with E-state index in [9.17, 15) is 9.00 Å². The molecule has 0 aliphatic carbocycles. The second-order valence-electron chi connectivity index (χ2n) is 2.29. The highest BCUT2D eigenvalue weighted by molar-refractivity contribution is 7.84. The summed E-state index contributed by atoms with van der Waals surface area (Å²) in [7, 11) is -0.876. The fourth-order valence-electron chi connectivity index (χ4n) is 0.796. The van der Waals surface area contributed by atoms with E-state index in [1.165, 1.54) is 0 Å². The van der Waals surface area contributed by atoms with Gasteiger partial charge in [0.1, 0.15) is 5.76 Å². The first-order valence-electron chi connectivity index (χ1n) is 3.65. The van der Waals surface area contributed by atoms with Crippen LogP contribution in [0.15, 0.2) is 16.5 Å². The summed E-state index contributed by atoms with van der Waals surface area (Å²) < 4.78 is 16.1. The van der Waals surface area contributed by atoms with Crippen molar-refractivity contribution >= 4 is 17.1 Å². The Bertz CT molecular complexity index is 290. The molecule has 0 N–H and O–H groups in total. The molecule has 0 aliphatic heterocycles. The van der Waals surface area contributed by atoms with E-state index < -0.39 is 10.8 Å². The van der Waals surface area contributed by atoms with Crippen molar-refractivity contribution in [3.05, 3.63) is 23.7 Å². The molecule has 0 aromatic carbocycles. The lowest BCUT2D eigenvalue weighted by atomic mass is 10.4. The third kappa shape index (κ3) is 2.30. The van der Waals surface area contributed by atoms with Gasteiger partial charge < -0.3 is 4.42 Å². The number of hydrogen-bond acceptors (Lipinski definition) is 3. The third-order valence-corrected chi connectivity index (χ3v) is 2.67. The molecule has 1 aromatic heterocycles. The van der Waals surface area contributed by atoms with Crippen LogP contribution in [-0.4, -0.2) is 16.2 Å². The highest BCUT2D eigenvalue weighted by Crippen LogP contribution is 2.07. The molecule has 1 unspecified atom stereocenters. The Balaban J connectivity index is 2.63. The summed E-state index contributed by atoms with van der Waals surface area (Å²) in [6.45, 7) is 1.85. The Morgan fingerprint density at radius 2 is 2.33 bits per heavy atom. The van der Waals surface area contributed by atoms with Crippen LogP contribution in [0.3, 0.4) is 0 Å². The minimum Gasteiger partial charge on any atom is -0.457 e. The van der Waals surface area contributed by atoms with Gasteiger partial charge in [-0.25, -0.2) is 0 Å². The maximum Gasteiger partial charge on any atom is 0.185 e. The molecule has 12 heavy (non-hydrogen) atoms. The van der Waals surface area contributed by atoms with Crippen LogP contribution in [0.25, 0.3) is 0 Å². The van der Waals surface area contributed by atoms with Crippen LogP contribution in [0.2, 0.25) is 0 Å². The molecule has 0 spiro atoms. The van der Waals surface area contributed by atoms with Gasteiger partial charge in [-0.3, -0.25) is 9.00 Å². The predicted octanol–water partition coefficient (Wildman–Crippen LogP) is 1.36. The molecule has 4 heteroatoms. The van der Waals surface area contributed by atoms with Crippen molar-refractivity contribution in [1.82, 2.24) is 0 Å². The summed E-state index contributed by atoms with van der Waals surface area (Å²) in [6.07, 6.45) is 0.637. The van der Waals surface area contributed by atoms with Crippen molar-refractivity contribution in [3.63, 3.8) is 0 Å². The summed E-state index contributed by atoms with van der Waals surface area (Å²) >= 11 is 0. The molecule has 0 fully saturated rings. The average Bonchev–Trinajstić information content (AvgIpc) is 2.52. The second-order valence-corrected chi connectivity index (χ2v) is 4.04. The van der Waals surface area contributed by atoms with Gasteiger partial charge in [-0.05, 0) is 12.1 Å². The summed E-state index contributed by atoms with van der Waals surface area (Å²) in [4.78, 5) is 10.2. The van der Waals surface area contributed by atoms with Crippen molar-refractivity contribution in [2.24, 2.45) is 0 Å². The van der Waals surface area contributed by atoms with E-state index in [1.54, 1.807) is 12.1 Å². The van der Waals surface area contributed by atoms with Crippen LogP contribution in [0.4, 0.5) is 0 Å². The van der Waals surface area contributed by atoms with Gasteiger partial charge in [-0.15, -0.1) is 0 Å². The molecule has 3 nitrogen and oxygen atoms in total. The average molecular weight is 186 g/mol. The maximum absolute atomic E-state index is 11.0. The van der Waals surface area contributed by atoms with Crippen molar-refractivity contribution < 1.29 is 13.4 Å². The number of furan rings is 1. The van der Waals surface area contributed by atoms with E-state index in [-0.39, 0.29) is 5.76 Å². The summed E-state index contributed by atoms with van der Waals surface area (Å²) in [5, 5.41) is 0. The van der Waals surface area contributed by atoms with Gasteiger partial charge >= 0.3 is 0 Å². The second kappa shape index (κ2) is 4.21. The fraction of sp³-hybridized carbons (Fsp3) is 0.375. The van der Waals surface area contributed by atoms with Gasteiger partial charge in [0.2, 0.25) is 0 Å². The Hall–Kier alpha value is -0.900. The maximum atomic E-state index is 11.0. The molecule has 0 radical (unpaired) electrons. The monoisotopic (exact) mass is 186 g/mol. The molecular weight excluding hydrogens is 176 g/mol. The fourth-order valence-corrected chi connectivity index (χ4v) is 1.47. The van der Waals surface area contributed by atoms with Crippen molar-refractivity contribution in [2.45, 2.75) is 12.7 Å². The highest BCUT2D eigenvalue weighted by atomic mass is 32.2. The van der Waals surface area contributed by atoms with Crippen LogP contribution in [-0.2, 0) is 16.6 Å². The molecule has 0 bridgehead atoms. The van der Waals surface area contributed by atoms with Gasteiger partial charge in [0.15, 0.2) is 12.0 Å². The lowest BCUT2D eigenvalue weighted by Gasteiger charge is -1.93. The molecule has 1 heterocycles. The number of hydrogen-bond donors (Lipinski definition) is 0. The number of aldehydes is 1. The van der Waals surface area contributed by atoms with Gasteiger partial charge in [-0.1, -0.05) is 6.92 Å². The Kier molecular flexibility index (Phi) is 3.22. The third-order valence-electron chi connectivity index (χ3n) is 1.42. The zero-order valence-corrected chi connectivity index (χ0v) is 7.60. The van der Waals surface area contributed by atoms with E-state index in [0.29, 0.717) is 23.6 Å². The van der Waals surface area contributed by atoms with E-state index in [1.807, 2.05) is 6.92 Å². The van der Waals surface area contributed by atoms with Gasteiger partial charge in [0.25, 0.3) is 0 Å². The Labute approximate surface area is 73.2 Å².